The molecule has 2 aliphatic rings. The second-order valence-electron chi connectivity index (χ2n) is 5.50. The first-order chi connectivity index (χ1) is 8.28. The fraction of sp³-hybridized carbons (Fsp3) is 0.846. The van der Waals surface area contributed by atoms with E-state index in [1.54, 1.807) is 0 Å². The molecular formula is C13H22N4. The first-order valence-corrected chi connectivity index (χ1v) is 6.95. The quantitative estimate of drug-likeness (QED) is 0.785. The number of aryl methyl sites for hydroxylation is 1. The molecule has 2 atom stereocenters. The Morgan fingerprint density at radius 2 is 2.24 bits per heavy atom. The molecule has 2 unspecified atom stereocenters. The van der Waals surface area contributed by atoms with Crippen LogP contribution in [0.1, 0.15) is 50.8 Å². The largest absolute Gasteiger partial charge is 0.294 e. The normalized spacial score (nSPS) is 29.5. The zero-order chi connectivity index (χ0) is 11.8. The second kappa shape index (κ2) is 4.41. The van der Waals surface area contributed by atoms with E-state index in [1.807, 2.05) is 0 Å². The van der Waals surface area contributed by atoms with Crippen molar-refractivity contribution in [3.63, 3.8) is 0 Å². The van der Waals surface area contributed by atoms with E-state index in [9.17, 15) is 0 Å². The Bertz CT molecular complexity index is 398. The Labute approximate surface area is 103 Å². The van der Waals surface area contributed by atoms with Crippen molar-refractivity contribution in [1.82, 2.24) is 19.7 Å². The van der Waals surface area contributed by atoms with Crippen molar-refractivity contribution >= 4 is 0 Å². The van der Waals surface area contributed by atoms with Gasteiger partial charge in [-0.1, -0.05) is 13.8 Å². The number of hydrogen-bond acceptors (Lipinski definition) is 3. The maximum atomic E-state index is 4.78. The highest BCUT2D eigenvalue weighted by Crippen LogP contribution is 2.30. The van der Waals surface area contributed by atoms with E-state index in [-0.39, 0.29) is 0 Å². The van der Waals surface area contributed by atoms with Gasteiger partial charge in [0.05, 0.1) is 6.04 Å². The van der Waals surface area contributed by atoms with Crippen LogP contribution in [0, 0.1) is 5.92 Å². The summed E-state index contributed by atoms with van der Waals surface area (Å²) in [5, 5.41) is 4.75. The summed E-state index contributed by atoms with van der Waals surface area (Å²) in [6.07, 6.45) is 4.89. The van der Waals surface area contributed by atoms with E-state index < -0.39 is 0 Å². The van der Waals surface area contributed by atoms with Gasteiger partial charge in [0.15, 0.2) is 5.82 Å². The van der Waals surface area contributed by atoms with E-state index in [2.05, 4.69) is 23.4 Å². The molecule has 3 rings (SSSR count). The van der Waals surface area contributed by atoms with Gasteiger partial charge in [-0.05, 0) is 38.3 Å². The minimum absolute atomic E-state index is 0.480. The van der Waals surface area contributed by atoms with Gasteiger partial charge in [0.2, 0.25) is 0 Å². The van der Waals surface area contributed by atoms with Gasteiger partial charge in [0.1, 0.15) is 5.82 Å². The molecule has 0 radical (unpaired) electrons. The summed E-state index contributed by atoms with van der Waals surface area (Å²) in [6, 6.07) is 0.480. The lowest BCUT2D eigenvalue weighted by atomic mass is 10.0. The Kier molecular flexibility index (Phi) is 2.90. The summed E-state index contributed by atoms with van der Waals surface area (Å²) in [5.74, 6) is 3.04. The van der Waals surface area contributed by atoms with Gasteiger partial charge in [-0.15, -0.1) is 0 Å². The van der Waals surface area contributed by atoms with Crippen LogP contribution in [-0.4, -0.2) is 32.8 Å². The molecule has 3 heterocycles. The molecule has 94 valence electrons. The zero-order valence-corrected chi connectivity index (χ0v) is 10.9. The average Bonchev–Trinajstić information content (AvgIpc) is 2.93. The maximum Gasteiger partial charge on any atom is 0.168 e. The Balaban J connectivity index is 1.84. The van der Waals surface area contributed by atoms with Gasteiger partial charge in [0, 0.05) is 13.0 Å². The summed E-state index contributed by atoms with van der Waals surface area (Å²) in [6.45, 7) is 7.92. The fourth-order valence-electron chi connectivity index (χ4n) is 3.13. The first-order valence-electron chi connectivity index (χ1n) is 6.95. The molecule has 0 aromatic carbocycles. The van der Waals surface area contributed by atoms with Crippen molar-refractivity contribution < 1.29 is 0 Å². The average molecular weight is 234 g/mol. The minimum Gasteiger partial charge on any atom is -0.294 e. The lowest BCUT2D eigenvalue weighted by Crippen LogP contribution is -2.23. The van der Waals surface area contributed by atoms with Crippen LogP contribution in [0.15, 0.2) is 0 Å². The third-order valence-electron chi connectivity index (χ3n) is 4.18. The van der Waals surface area contributed by atoms with Gasteiger partial charge in [-0.2, -0.15) is 5.10 Å². The lowest BCUT2D eigenvalue weighted by molar-refractivity contribution is 0.261. The van der Waals surface area contributed by atoms with Crippen molar-refractivity contribution in [3.8, 4) is 0 Å². The van der Waals surface area contributed by atoms with Crippen LogP contribution in [0.5, 0.6) is 0 Å². The smallest absolute Gasteiger partial charge is 0.168 e. The van der Waals surface area contributed by atoms with Crippen LogP contribution >= 0.6 is 0 Å². The number of fused-ring (bicyclic) bond motifs is 1. The molecule has 0 N–H and O–H groups in total. The molecule has 4 heteroatoms. The summed E-state index contributed by atoms with van der Waals surface area (Å²) < 4.78 is 2.15. The second-order valence-corrected chi connectivity index (χ2v) is 5.50. The maximum absolute atomic E-state index is 4.78. The summed E-state index contributed by atoms with van der Waals surface area (Å²) in [4.78, 5) is 7.28. The van der Waals surface area contributed by atoms with Crippen LogP contribution in [-0.2, 0) is 13.0 Å². The molecule has 4 nitrogen and oxygen atoms in total. The summed E-state index contributed by atoms with van der Waals surface area (Å²) in [5.41, 5.74) is 0. The standard InChI is InChI=1S/C13H22N4/c1-3-16-8-4-5-11(16)13-14-12-7-6-10(2)9-17(12)15-13/h10-11H,3-9H2,1-2H3. The van der Waals surface area contributed by atoms with E-state index >= 15 is 0 Å². The Morgan fingerprint density at radius 1 is 1.35 bits per heavy atom. The van der Waals surface area contributed by atoms with E-state index in [4.69, 9.17) is 10.1 Å². The van der Waals surface area contributed by atoms with Crippen LogP contribution in [0.2, 0.25) is 0 Å². The molecule has 1 aromatic rings. The third-order valence-corrected chi connectivity index (χ3v) is 4.18. The van der Waals surface area contributed by atoms with E-state index in [0.29, 0.717) is 6.04 Å². The molecule has 0 saturated carbocycles. The van der Waals surface area contributed by atoms with Gasteiger partial charge >= 0.3 is 0 Å². The Hall–Kier alpha value is -0.900. The predicted molar refractivity (Wildman–Crippen MR) is 66.7 cm³/mol. The van der Waals surface area contributed by atoms with E-state index in [1.165, 1.54) is 31.6 Å². The molecular weight excluding hydrogens is 212 g/mol. The number of hydrogen-bond donors (Lipinski definition) is 0. The number of nitrogens with zero attached hydrogens (tertiary/aromatic N) is 4. The van der Waals surface area contributed by atoms with Gasteiger partial charge in [-0.3, -0.25) is 4.90 Å². The highest BCUT2D eigenvalue weighted by atomic mass is 15.4. The summed E-state index contributed by atoms with van der Waals surface area (Å²) >= 11 is 0. The van der Waals surface area contributed by atoms with Gasteiger partial charge in [0.25, 0.3) is 0 Å². The van der Waals surface area contributed by atoms with E-state index in [0.717, 1.165) is 31.3 Å². The van der Waals surface area contributed by atoms with Crippen LogP contribution in [0.3, 0.4) is 0 Å². The zero-order valence-electron chi connectivity index (χ0n) is 10.9. The van der Waals surface area contributed by atoms with Gasteiger partial charge in [-0.25, -0.2) is 9.67 Å². The van der Waals surface area contributed by atoms with Gasteiger partial charge < -0.3 is 0 Å². The molecule has 1 aromatic heterocycles. The molecule has 1 saturated heterocycles. The highest BCUT2D eigenvalue weighted by molar-refractivity contribution is 5.03. The molecule has 1 fully saturated rings. The topological polar surface area (TPSA) is 34.0 Å². The number of aromatic nitrogens is 3. The Morgan fingerprint density at radius 3 is 3.06 bits per heavy atom. The predicted octanol–water partition coefficient (Wildman–Crippen LogP) is 2.02. The van der Waals surface area contributed by atoms with Crippen LogP contribution in [0.4, 0.5) is 0 Å². The number of rotatable bonds is 2. The molecule has 0 spiro atoms. The molecule has 2 aliphatic heterocycles. The SMILES string of the molecule is CCN1CCCC1c1nc2n(n1)CC(C)CC2. The lowest BCUT2D eigenvalue weighted by Gasteiger charge is -2.19. The number of likely N-dealkylation sites (tertiary alicyclic amines) is 1. The molecule has 0 amide bonds. The van der Waals surface area contributed by atoms with Crippen molar-refractivity contribution in [2.45, 2.75) is 52.1 Å². The van der Waals surface area contributed by atoms with Crippen molar-refractivity contribution in [2.24, 2.45) is 5.92 Å². The third kappa shape index (κ3) is 1.99. The minimum atomic E-state index is 0.480. The monoisotopic (exact) mass is 234 g/mol. The summed E-state index contributed by atoms with van der Waals surface area (Å²) in [7, 11) is 0. The fourth-order valence-corrected chi connectivity index (χ4v) is 3.13. The molecule has 17 heavy (non-hydrogen) atoms. The van der Waals surface area contributed by atoms with Crippen molar-refractivity contribution in [2.75, 3.05) is 13.1 Å². The molecule has 0 aliphatic carbocycles. The first kappa shape index (κ1) is 11.2. The molecule has 0 bridgehead atoms. The van der Waals surface area contributed by atoms with Crippen molar-refractivity contribution in [3.05, 3.63) is 11.6 Å². The van der Waals surface area contributed by atoms with Crippen molar-refractivity contribution in [1.29, 1.82) is 0 Å². The highest BCUT2D eigenvalue weighted by Gasteiger charge is 2.29. The van der Waals surface area contributed by atoms with Crippen LogP contribution in [0.25, 0.3) is 0 Å². The van der Waals surface area contributed by atoms with Crippen LogP contribution < -0.4 is 0 Å².